The van der Waals surface area contributed by atoms with Gasteiger partial charge in [-0.1, -0.05) is 12.5 Å². The lowest BCUT2D eigenvalue weighted by Crippen LogP contribution is -2.62. The highest BCUT2D eigenvalue weighted by Gasteiger charge is 2.39. The predicted molar refractivity (Wildman–Crippen MR) is 130 cm³/mol. The van der Waals surface area contributed by atoms with Crippen molar-refractivity contribution in [1.29, 1.82) is 0 Å². The second-order valence-corrected chi connectivity index (χ2v) is 8.53. The lowest BCUT2D eigenvalue weighted by Gasteiger charge is -2.50. The van der Waals surface area contributed by atoms with Gasteiger partial charge in [-0.3, -0.25) is 9.89 Å². The largest absolute Gasteiger partial charge is 0.355 e. The highest BCUT2D eigenvalue weighted by atomic mass is 127. The van der Waals surface area contributed by atoms with Gasteiger partial charge >= 0.3 is 0 Å². The quantitative estimate of drug-likeness (QED) is 0.343. The van der Waals surface area contributed by atoms with Crippen molar-refractivity contribution in [3.63, 3.8) is 0 Å². The van der Waals surface area contributed by atoms with Crippen LogP contribution in [0.2, 0.25) is 0 Å². The maximum atomic E-state index is 14.1. The highest BCUT2D eigenvalue weighted by molar-refractivity contribution is 14.0. The summed E-state index contributed by atoms with van der Waals surface area (Å²) in [5.74, 6) is -0.455. The fourth-order valence-corrected chi connectivity index (χ4v) is 4.59. The third-order valence-corrected chi connectivity index (χ3v) is 6.54. The van der Waals surface area contributed by atoms with Crippen LogP contribution in [0.1, 0.15) is 50.6 Å². The van der Waals surface area contributed by atoms with Crippen molar-refractivity contribution in [3.8, 4) is 0 Å². The van der Waals surface area contributed by atoms with Gasteiger partial charge in [0.15, 0.2) is 5.96 Å². The third-order valence-electron chi connectivity index (χ3n) is 6.54. The first kappa shape index (κ1) is 25.3. The van der Waals surface area contributed by atoms with E-state index >= 15 is 0 Å². The molecule has 8 heteroatoms. The molecular formula is C22H36F2IN5. The van der Waals surface area contributed by atoms with Crippen molar-refractivity contribution in [2.24, 2.45) is 4.99 Å². The number of nitrogens with one attached hydrogen (secondary N) is 2. The maximum absolute atomic E-state index is 14.1. The van der Waals surface area contributed by atoms with Crippen LogP contribution in [-0.2, 0) is 0 Å². The predicted octanol–water partition coefficient (Wildman–Crippen LogP) is 3.76. The van der Waals surface area contributed by atoms with Crippen LogP contribution in [0.15, 0.2) is 23.2 Å². The molecule has 1 aromatic carbocycles. The van der Waals surface area contributed by atoms with Gasteiger partial charge in [0.2, 0.25) is 0 Å². The molecule has 2 aliphatic rings. The van der Waals surface area contributed by atoms with Crippen LogP contribution in [0.25, 0.3) is 0 Å². The van der Waals surface area contributed by atoms with E-state index in [2.05, 4.69) is 32.5 Å². The van der Waals surface area contributed by atoms with E-state index in [0.29, 0.717) is 11.5 Å². The molecule has 0 amide bonds. The van der Waals surface area contributed by atoms with E-state index in [1.165, 1.54) is 31.4 Å². The molecule has 1 aromatic rings. The summed E-state index contributed by atoms with van der Waals surface area (Å²) < 4.78 is 27.3. The van der Waals surface area contributed by atoms with Crippen LogP contribution in [0.4, 0.5) is 8.78 Å². The van der Waals surface area contributed by atoms with Crippen molar-refractivity contribution in [3.05, 3.63) is 35.4 Å². The van der Waals surface area contributed by atoms with Crippen LogP contribution in [0.5, 0.6) is 0 Å². The summed E-state index contributed by atoms with van der Waals surface area (Å²) in [6, 6.07) is 3.39. The summed E-state index contributed by atoms with van der Waals surface area (Å²) in [4.78, 5) is 9.42. The van der Waals surface area contributed by atoms with E-state index in [1.54, 1.807) is 7.05 Å². The molecule has 0 aliphatic carbocycles. The average Bonchev–Trinajstić information content (AvgIpc) is 2.73. The Kier molecular flexibility index (Phi) is 9.74. The molecule has 170 valence electrons. The Morgan fingerprint density at radius 3 is 2.40 bits per heavy atom. The van der Waals surface area contributed by atoms with Crippen LogP contribution in [-0.4, -0.2) is 68.1 Å². The maximum Gasteiger partial charge on any atom is 0.191 e. The van der Waals surface area contributed by atoms with Crippen LogP contribution in [0.3, 0.4) is 0 Å². The Bertz CT molecular complexity index is 701. The third kappa shape index (κ3) is 6.26. The molecule has 2 fully saturated rings. The first-order valence-corrected chi connectivity index (χ1v) is 10.8. The molecule has 5 nitrogen and oxygen atoms in total. The minimum atomic E-state index is -0.563. The van der Waals surface area contributed by atoms with E-state index in [-0.39, 0.29) is 35.6 Å². The molecule has 0 spiro atoms. The van der Waals surface area contributed by atoms with E-state index < -0.39 is 11.6 Å². The fraction of sp³-hybridized carbons (Fsp3) is 0.682. The van der Waals surface area contributed by atoms with Gasteiger partial charge in [0.05, 0.1) is 6.04 Å². The van der Waals surface area contributed by atoms with Gasteiger partial charge in [-0.25, -0.2) is 8.78 Å². The molecule has 2 saturated heterocycles. The van der Waals surface area contributed by atoms with Gasteiger partial charge in [-0.15, -0.1) is 24.0 Å². The van der Waals surface area contributed by atoms with Crippen molar-refractivity contribution >= 4 is 29.9 Å². The fourth-order valence-electron chi connectivity index (χ4n) is 4.59. The molecule has 0 aromatic heterocycles. The van der Waals surface area contributed by atoms with E-state index in [0.717, 1.165) is 51.6 Å². The van der Waals surface area contributed by atoms with Crippen molar-refractivity contribution in [1.82, 2.24) is 20.4 Å². The van der Waals surface area contributed by atoms with Gasteiger partial charge < -0.3 is 15.5 Å². The smallest absolute Gasteiger partial charge is 0.191 e. The second-order valence-electron chi connectivity index (χ2n) is 8.53. The molecule has 0 saturated carbocycles. The van der Waals surface area contributed by atoms with E-state index in [1.807, 2.05) is 6.92 Å². The molecule has 0 bridgehead atoms. The zero-order valence-corrected chi connectivity index (χ0v) is 20.7. The average molecular weight is 535 g/mol. The van der Waals surface area contributed by atoms with Gasteiger partial charge in [-0.2, -0.15) is 0 Å². The topological polar surface area (TPSA) is 42.9 Å². The standard InChI is InChI=1S/C22H35F2N5.HI/c1-17(19-8-7-18(23)15-20(19)24)27-21(25-2)26-16-22(9-13-28(3)14-10-22)29-11-5-4-6-12-29;/h7-8,15,17H,4-6,9-14,16H2,1-3H3,(H2,25,26,27);1H. The summed E-state index contributed by atoms with van der Waals surface area (Å²) in [5.41, 5.74) is 0.564. The van der Waals surface area contributed by atoms with E-state index in [4.69, 9.17) is 0 Å². The van der Waals surface area contributed by atoms with E-state index in [9.17, 15) is 8.78 Å². The first-order chi connectivity index (χ1) is 13.9. The molecular weight excluding hydrogens is 499 g/mol. The highest BCUT2D eigenvalue weighted by Crippen LogP contribution is 2.31. The zero-order chi connectivity index (χ0) is 20.9. The Morgan fingerprint density at radius 1 is 1.13 bits per heavy atom. The zero-order valence-electron chi connectivity index (χ0n) is 18.4. The summed E-state index contributed by atoms with van der Waals surface area (Å²) in [6.07, 6.45) is 6.13. The molecule has 3 rings (SSSR count). The minimum absolute atomic E-state index is 0. The molecule has 2 N–H and O–H groups in total. The molecule has 1 unspecified atom stereocenters. The Labute approximate surface area is 196 Å². The number of benzene rings is 1. The Morgan fingerprint density at radius 2 is 1.80 bits per heavy atom. The summed E-state index contributed by atoms with van der Waals surface area (Å²) in [7, 11) is 3.91. The summed E-state index contributed by atoms with van der Waals surface area (Å²) in [6.45, 7) is 7.20. The SMILES string of the molecule is CN=C(NCC1(N2CCCCC2)CCN(C)CC1)NC(C)c1ccc(F)cc1F.I. The summed E-state index contributed by atoms with van der Waals surface area (Å²) in [5, 5.41) is 6.77. The number of likely N-dealkylation sites (tertiary alicyclic amines) is 2. The molecule has 1 atom stereocenters. The number of guanidine groups is 1. The molecule has 2 aliphatic heterocycles. The molecule has 0 radical (unpaired) electrons. The second kappa shape index (κ2) is 11.6. The Balaban J connectivity index is 0.00000320. The van der Waals surface area contributed by atoms with Crippen molar-refractivity contribution < 1.29 is 8.78 Å². The molecule has 30 heavy (non-hydrogen) atoms. The first-order valence-electron chi connectivity index (χ1n) is 10.8. The Hall–Kier alpha value is -1.00. The number of hydrogen-bond donors (Lipinski definition) is 2. The lowest BCUT2D eigenvalue weighted by atomic mass is 9.84. The number of aliphatic imine (C=N–C) groups is 1. The number of hydrogen-bond acceptors (Lipinski definition) is 3. The monoisotopic (exact) mass is 535 g/mol. The van der Waals surface area contributed by atoms with Crippen molar-refractivity contribution in [2.75, 3.05) is 46.8 Å². The van der Waals surface area contributed by atoms with Gasteiger partial charge in [0.1, 0.15) is 11.6 Å². The van der Waals surface area contributed by atoms with Gasteiger partial charge in [0, 0.05) is 30.8 Å². The number of piperidine rings is 2. The summed E-state index contributed by atoms with van der Waals surface area (Å²) >= 11 is 0. The number of rotatable bonds is 5. The van der Waals surface area contributed by atoms with Crippen molar-refractivity contribution in [2.45, 2.75) is 50.6 Å². The van der Waals surface area contributed by atoms with Crippen LogP contribution >= 0.6 is 24.0 Å². The van der Waals surface area contributed by atoms with Crippen LogP contribution < -0.4 is 10.6 Å². The lowest BCUT2D eigenvalue weighted by molar-refractivity contribution is 0.0173. The minimum Gasteiger partial charge on any atom is -0.355 e. The number of halogens is 3. The molecule has 2 heterocycles. The number of nitrogens with zero attached hydrogens (tertiary/aromatic N) is 3. The van der Waals surface area contributed by atoms with Gasteiger partial charge in [-0.05, 0) is 71.9 Å². The van der Waals surface area contributed by atoms with Crippen LogP contribution in [0, 0.1) is 11.6 Å². The van der Waals surface area contributed by atoms with Gasteiger partial charge in [0.25, 0.3) is 0 Å². The normalized spacial score (nSPS) is 21.6.